The fourth-order valence-corrected chi connectivity index (χ4v) is 1.51. The summed E-state index contributed by atoms with van der Waals surface area (Å²) in [5.41, 5.74) is -0.164. The van der Waals surface area contributed by atoms with Crippen LogP contribution < -0.4 is 0 Å². The molecule has 0 saturated heterocycles. The van der Waals surface area contributed by atoms with Crippen LogP contribution >= 0.6 is 0 Å². The fourth-order valence-electron chi connectivity index (χ4n) is 1.51. The van der Waals surface area contributed by atoms with Crippen LogP contribution in [0, 0.1) is 21.4 Å². The molecule has 1 heterocycles. The summed E-state index contributed by atoms with van der Waals surface area (Å²) in [6.07, 6.45) is 0. The first kappa shape index (κ1) is 12.0. The van der Waals surface area contributed by atoms with Gasteiger partial charge < -0.3 is 4.74 Å². The average Bonchev–Trinajstić information content (AvgIpc) is 2.17. The van der Waals surface area contributed by atoms with Crippen molar-refractivity contribution in [3.63, 3.8) is 0 Å². The Morgan fingerprint density at radius 2 is 2.31 bits per heavy atom. The lowest BCUT2D eigenvalue weighted by Crippen LogP contribution is -2.36. The molecule has 16 heavy (non-hydrogen) atoms. The Hall–Kier alpha value is -2.07. The van der Waals surface area contributed by atoms with Crippen molar-refractivity contribution in [1.82, 2.24) is 0 Å². The number of nitrogens with zero attached hydrogens (tertiary/aromatic N) is 3. The van der Waals surface area contributed by atoms with Crippen LogP contribution in [-0.2, 0) is 9.53 Å². The van der Waals surface area contributed by atoms with E-state index in [-0.39, 0.29) is 23.5 Å². The number of carbonyl (C=O) groups is 1. The number of nitro groups is 1. The number of hydrogen-bond donors (Lipinski definition) is 0. The molecule has 0 aromatic rings. The molecule has 1 unspecified atom stereocenters. The highest BCUT2D eigenvalue weighted by Gasteiger charge is 2.37. The zero-order valence-corrected chi connectivity index (χ0v) is 8.76. The topological polar surface area (TPSA) is 106 Å². The molecule has 7 heteroatoms. The number of methoxy groups -OCH3 is 1. The van der Waals surface area contributed by atoms with Crippen molar-refractivity contribution in [2.45, 2.75) is 13.0 Å². The number of ether oxygens (including phenoxy) is 1. The predicted molar refractivity (Wildman–Crippen MR) is 53.4 cm³/mol. The summed E-state index contributed by atoms with van der Waals surface area (Å²) in [7, 11) is 1.34. The maximum absolute atomic E-state index is 11.3. The third kappa shape index (κ3) is 1.97. The van der Waals surface area contributed by atoms with Gasteiger partial charge in [-0.2, -0.15) is 5.26 Å². The Morgan fingerprint density at radius 1 is 1.69 bits per heavy atom. The van der Waals surface area contributed by atoms with Crippen molar-refractivity contribution in [1.29, 1.82) is 5.26 Å². The number of hydrogen-bond acceptors (Lipinski definition) is 5. The highest BCUT2D eigenvalue weighted by molar-refractivity contribution is 6.11. The van der Waals surface area contributed by atoms with Crippen LogP contribution in [0.25, 0.3) is 0 Å². The van der Waals surface area contributed by atoms with Crippen molar-refractivity contribution >= 4 is 11.6 Å². The second kappa shape index (κ2) is 4.63. The number of aliphatic imine (C=N–C) groups is 1. The summed E-state index contributed by atoms with van der Waals surface area (Å²) >= 11 is 0. The molecule has 0 N–H and O–H groups in total. The number of amides is 1. The van der Waals surface area contributed by atoms with Crippen molar-refractivity contribution in [2.24, 2.45) is 4.99 Å². The lowest BCUT2D eigenvalue weighted by molar-refractivity contribution is -0.493. The quantitative estimate of drug-likeness (QED) is 0.498. The largest absolute Gasteiger partial charge is 0.380 e. The van der Waals surface area contributed by atoms with Gasteiger partial charge in [0.1, 0.15) is 11.6 Å². The lowest BCUT2D eigenvalue weighted by Gasteiger charge is -2.17. The van der Waals surface area contributed by atoms with E-state index >= 15 is 0 Å². The predicted octanol–water partition coefficient (Wildman–Crippen LogP) is 0.0994. The van der Waals surface area contributed by atoms with E-state index < -0.39 is 16.9 Å². The molecule has 1 aliphatic heterocycles. The van der Waals surface area contributed by atoms with Gasteiger partial charge in [-0.05, 0) is 6.92 Å². The van der Waals surface area contributed by atoms with Crippen LogP contribution in [0.5, 0.6) is 0 Å². The second-order valence-corrected chi connectivity index (χ2v) is 3.19. The monoisotopic (exact) mass is 223 g/mol. The first-order chi connectivity index (χ1) is 7.52. The van der Waals surface area contributed by atoms with E-state index in [2.05, 4.69) is 4.99 Å². The number of nitriles is 1. The van der Waals surface area contributed by atoms with E-state index in [1.54, 1.807) is 6.07 Å². The Bertz CT molecular complexity index is 444. The summed E-state index contributed by atoms with van der Waals surface area (Å²) in [4.78, 5) is 25.1. The van der Waals surface area contributed by atoms with Gasteiger partial charge in [0.25, 0.3) is 11.9 Å². The van der Waals surface area contributed by atoms with Crippen molar-refractivity contribution in [3.05, 3.63) is 21.3 Å². The molecule has 1 atom stereocenters. The molecule has 0 radical (unpaired) electrons. The smallest absolute Gasteiger partial charge is 0.288 e. The minimum Gasteiger partial charge on any atom is -0.380 e. The standard InChI is InChI=1S/C9H9N3O4/c1-5-8(12(14)15)7(4-16-2)6(3-10)9(13)11-5/h8H,4H2,1-2H3. The Labute approximate surface area is 91.2 Å². The zero-order valence-electron chi connectivity index (χ0n) is 8.76. The maximum Gasteiger partial charge on any atom is 0.288 e. The van der Waals surface area contributed by atoms with Gasteiger partial charge in [0.2, 0.25) is 0 Å². The molecule has 0 spiro atoms. The van der Waals surface area contributed by atoms with Crippen molar-refractivity contribution < 1.29 is 14.5 Å². The summed E-state index contributed by atoms with van der Waals surface area (Å²) in [5.74, 6) is -0.745. The highest BCUT2D eigenvalue weighted by atomic mass is 16.6. The molecule has 0 bridgehead atoms. The normalized spacial score (nSPS) is 20.4. The molecule has 84 valence electrons. The van der Waals surface area contributed by atoms with Crippen LogP contribution in [0.4, 0.5) is 0 Å². The van der Waals surface area contributed by atoms with Crippen LogP contribution in [0.1, 0.15) is 6.92 Å². The van der Waals surface area contributed by atoms with E-state index in [0.29, 0.717) is 0 Å². The second-order valence-electron chi connectivity index (χ2n) is 3.19. The van der Waals surface area contributed by atoms with Crippen LogP contribution in [-0.4, -0.2) is 36.3 Å². The van der Waals surface area contributed by atoms with E-state index in [1.807, 2.05) is 0 Å². The molecule has 1 amide bonds. The number of carbonyl (C=O) groups excluding carboxylic acids is 1. The molecular formula is C9H9N3O4. The Morgan fingerprint density at radius 3 is 2.75 bits per heavy atom. The molecule has 0 fully saturated rings. The van der Waals surface area contributed by atoms with E-state index in [1.165, 1.54) is 14.0 Å². The molecule has 7 nitrogen and oxygen atoms in total. The minimum atomic E-state index is -1.24. The minimum absolute atomic E-state index is 0.0625. The van der Waals surface area contributed by atoms with Gasteiger partial charge in [-0.25, -0.2) is 4.99 Å². The highest BCUT2D eigenvalue weighted by Crippen LogP contribution is 2.20. The molecule has 1 aliphatic rings. The molecule has 0 aromatic carbocycles. The lowest BCUT2D eigenvalue weighted by atomic mass is 9.95. The molecule has 0 aromatic heterocycles. The van der Waals surface area contributed by atoms with Crippen LogP contribution in [0.3, 0.4) is 0 Å². The van der Waals surface area contributed by atoms with Gasteiger partial charge in [0, 0.05) is 12.0 Å². The number of dihydropyridines is 1. The molecular weight excluding hydrogens is 214 g/mol. The van der Waals surface area contributed by atoms with E-state index in [9.17, 15) is 14.9 Å². The van der Waals surface area contributed by atoms with E-state index in [0.717, 1.165) is 0 Å². The van der Waals surface area contributed by atoms with Crippen molar-refractivity contribution in [2.75, 3.05) is 13.7 Å². The third-order valence-electron chi connectivity index (χ3n) is 2.16. The Balaban J connectivity index is 3.31. The van der Waals surface area contributed by atoms with Crippen LogP contribution in [0.2, 0.25) is 0 Å². The van der Waals surface area contributed by atoms with Crippen LogP contribution in [0.15, 0.2) is 16.1 Å². The SMILES string of the molecule is COCC1=C(C#N)C(=O)N=C(C)C1[N+](=O)[O-]. The number of rotatable bonds is 3. The summed E-state index contributed by atoms with van der Waals surface area (Å²) < 4.78 is 4.77. The van der Waals surface area contributed by atoms with Gasteiger partial charge in [-0.3, -0.25) is 14.9 Å². The average molecular weight is 223 g/mol. The van der Waals surface area contributed by atoms with Crippen molar-refractivity contribution in [3.8, 4) is 6.07 Å². The summed E-state index contributed by atoms with van der Waals surface area (Å²) in [6, 6.07) is 0.389. The first-order valence-electron chi connectivity index (χ1n) is 4.38. The first-order valence-corrected chi connectivity index (χ1v) is 4.38. The van der Waals surface area contributed by atoms with Gasteiger partial charge >= 0.3 is 0 Å². The fraction of sp³-hybridized carbons (Fsp3) is 0.444. The van der Waals surface area contributed by atoms with Gasteiger partial charge in [0.05, 0.1) is 17.9 Å². The van der Waals surface area contributed by atoms with Gasteiger partial charge in [-0.15, -0.1) is 0 Å². The molecule has 0 aliphatic carbocycles. The van der Waals surface area contributed by atoms with Gasteiger partial charge in [-0.1, -0.05) is 0 Å². The summed E-state index contributed by atoms with van der Waals surface area (Å²) in [5, 5.41) is 19.6. The third-order valence-corrected chi connectivity index (χ3v) is 2.16. The van der Waals surface area contributed by atoms with Gasteiger partial charge in [0.15, 0.2) is 0 Å². The molecule has 1 rings (SSSR count). The zero-order chi connectivity index (χ0) is 12.3. The Kier molecular flexibility index (Phi) is 3.48. The van der Waals surface area contributed by atoms with E-state index in [4.69, 9.17) is 10.00 Å². The summed E-state index contributed by atoms with van der Waals surface area (Å²) in [6.45, 7) is 1.25. The maximum atomic E-state index is 11.3. The molecule has 0 saturated carbocycles.